The van der Waals surface area contributed by atoms with E-state index in [2.05, 4.69) is 5.18 Å². The van der Waals surface area contributed by atoms with Crippen molar-refractivity contribution in [3.8, 4) is 11.5 Å². The molecule has 0 aromatic heterocycles. The van der Waals surface area contributed by atoms with E-state index in [0.717, 1.165) is 0 Å². The predicted molar refractivity (Wildman–Crippen MR) is 52.7 cm³/mol. The smallest absolute Gasteiger partial charge is 0.123 e. The number of aromatic hydroxyl groups is 2. The molecule has 2 aromatic carbocycles. The Hall–Kier alpha value is -2.10. The highest BCUT2D eigenvalue weighted by Gasteiger charge is 2.05. The minimum atomic E-state index is 0.0352. The lowest BCUT2D eigenvalue weighted by Crippen LogP contribution is -1.75. The zero-order chi connectivity index (χ0) is 10.1. The number of phenols is 2. The van der Waals surface area contributed by atoms with Crippen LogP contribution in [0.25, 0.3) is 10.8 Å². The molecule has 0 aliphatic heterocycles. The summed E-state index contributed by atoms with van der Waals surface area (Å²) in [6.45, 7) is 0. The van der Waals surface area contributed by atoms with Crippen molar-refractivity contribution in [2.75, 3.05) is 0 Å². The van der Waals surface area contributed by atoms with Crippen molar-refractivity contribution in [2.24, 2.45) is 5.18 Å². The van der Waals surface area contributed by atoms with Crippen LogP contribution in [-0.2, 0) is 0 Å². The van der Waals surface area contributed by atoms with E-state index in [1.165, 1.54) is 30.3 Å². The van der Waals surface area contributed by atoms with Crippen molar-refractivity contribution in [2.45, 2.75) is 0 Å². The Morgan fingerprint density at radius 2 is 1.79 bits per heavy atom. The Morgan fingerprint density at radius 1 is 1.00 bits per heavy atom. The summed E-state index contributed by atoms with van der Waals surface area (Å²) in [6.07, 6.45) is 0. The van der Waals surface area contributed by atoms with Gasteiger partial charge < -0.3 is 10.2 Å². The van der Waals surface area contributed by atoms with Crippen molar-refractivity contribution in [3.05, 3.63) is 35.2 Å². The largest absolute Gasteiger partial charge is 0.508 e. The van der Waals surface area contributed by atoms with Crippen LogP contribution in [0.3, 0.4) is 0 Å². The average molecular weight is 189 g/mol. The maximum Gasteiger partial charge on any atom is 0.123 e. The monoisotopic (exact) mass is 189 g/mol. The van der Waals surface area contributed by atoms with Gasteiger partial charge in [-0.1, -0.05) is 0 Å². The minimum Gasteiger partial charge on any atom is -0.508 e. The molecule has 4 nitrogen and oxygen atoms in total. The van der Waals surface area contributed by atoms with E-state index >= 15 is 0 Å². The molecular weight excluding hydrogens is 182 g/mol. The van der Waals surface area contributed by atoms with E-state index in [1.54, 1.807) is 0 Å². The number of fused-ring (bicyclic) bond motifs is 1. The van der Waals surface area contributed by atoms with Gasteiger partial charge in [-0.05, 0) is 35.5 Å². The standard InChI is InChI=1S/C10H7NO3/c12-6-1-2-7-8(5-6)9(11-14)3-4-10(7)13/h1-5,12-13H. The Balaban J connectivity index is 2.92. The van der Waals surface area contributed by atoms with Crippen LogP contribution in [-0.4, -0.2) is 10.2 Å². The molecular formula is C10H7NO3. The highest BCUT2D eigenvalue weighted by Crippen LogP contribution is 2.34. The van der Waals surface area contributed by atoms with Gasteiger partial charge in [0, 0.05) is 10.8 Å². The number of nitrogens with zero attached hydrogens (tertiary/aromatic N) is 1. The third-order valence-corrected chi connectivity index (χ3v) is 2.05. The highest BCUT2D eigenvalue weighted by molar-refractivity contribution is 5.97. The number of rotatable bonds is 1. The van der Waals surface area contributed by atoms with Gasteiger partial charge >= 0.3 is 0 Å². The second kappa shape index (κ2) is 2.99. The van der Waals surface area contributed by atoms with Crippen molar-refractivity contribution in [3.63, 3.8) is 0 Å². The first-order valence-electron chi connectivity index (χ1n) is 4.00. The molecule has 0 saturated heterocycles. The van der Waals surface area contributed by atoms with E-state index < -0.39 is 0 Å². The van der Waals surface area contributed by atoms with Crippen LogP contribution in [0.15, 0.2) is 35.5 Å². The van der Waals surface area contributed by atoms with Crippen molar-refractivity contribution in [1.82, 2.24) is 0 Å². The van der Waals surface area contributed by atoms with Gasteiger partial charge in [0.1, 0.15) is 17.2 Å². The van der Waals surface area contributed by atoms with Gasteiger partial charge in [0.15, 0.2) is 0 Å². The maximum absolute atomic E-state index is 10.4. The van der Waals surface area contributed by atoms with E-state index in [0.29, 0.717) is 10.8 Å². The molecule has 0 amide bonds. The lowest BCUT2D eigenvalue weighted by Gasteiger charge is -2.02. The van der Waals surface area contributed by atoms with Crippen LogP contribution in [0.5, 0.6) is 11.5 Å². The third kappa shape index (κ3) is 1.17. The van der Waals surface area contributed by atoms with Gasteiger partial charge in [0.25, 0.3) is 0 Å². The van der Waals surface area contributed by atoms with Crippen molar-refractivity contribution in [1.29, 1.82) is 0 Å². The molecule has 0 bridgehead atoms. The van der Waals surface area contributed by atoms with E-state index in [-0.39, 0.29) is 17.2 Å². The molecule has 0 aliphatic carbocycles. The summed E-state index contributed by atoms with van der Waals surface area (Å²) in [7, 11) is 0. The molecule has 70 valence electrons. The number of phenolic OH excluding ortho intramolecular Hbond substituents is 2. The van der Waals surface area contributed by atoms with Crippen LogP contribution >= 0.6 is 0 Å². The fraction of sp³-hybridized carbons (Fsp3) is 0. The molecule has 4 heteroatoms. The van der Waals surface area contributed by atoms with Crippen LogP contribution < -0.4 is 0 Å². The summed E-state index contributed by atoms with van der Waals surface area (Å²) in [4.78, 5) is 10.4. The first kappa shape index (κ1) is 8.50. The molecule has 0 heterocycles. The Bertz CT molecular complexity index is 508. The second-order valence-corrected chi connectivity index (χ2v) is 2.92. The normalized spacial score (nSPS) is 10.3. The Labute approximate surface area is 79.4 Å². The Morgan fingerprint density at radius 3 is 2.50 bits per heavy atom. The summed E-state index contributed by atoms with van der Waals surface area (Å²) >= 11 is 0. The molecule has 2 aromatic rings. The zero-order valence-electron chi connectivity index (χ0n) is 7.14. The van der Waals surface area contributed by atoms with E-state index in [1.807, 2.05) is 0 Å². The maximum atomic E-state index is 10.4. The number of hydrogen-bond donors (Lipinski definition) is 2. The third-order valence-electron chi connectivity index (χ3n) is 2.05. The summed E-state index contributed by atoms with van der Waals surface area (Å²) in [5.41, 5.74) is 0.203. The number of nitroso groups, excluding NO2 is 1. The van der Waals surface area contributed by atoms with Crippen LogP contribution in [0, 0.1) is 4.91 Å². The SMILES string of the molecule is O=Nc1ccc(O)c2ccc(O)cc12. The number of hydrogen-bond acceptors (Lipinski definition) is 4. The van der Waals surface area contributed by atoms with Crippen LogP contribution in [0.2, 0.25) is 0 Å². The summed E-state index contributed by atoms with van der Waals surface area (Å²) < 4.78 is 0. The van der Waals surface area contributed by atoms with Gasteiger partial charge in [-0.15, -0.1) is 4.91 Å². The summed E-state index contributed by atoms with van der Waals surface area (Å²) in [6, 6.07) is 7.18. The molecule has 0 atom stereocenters. The first-order chi connectivity index (χ1) is 6.72. The molecule has 0 radical (unpaired) electrons. The average Bonchev–Trinajstić information content (AvgIpc) is 2.18. The van der Waals surface area contributed by atoms with Gasteiger partial charge in [-0.25, -0.2) is 0 Å². The highest BCUT2D eigenvalue weighted by atomic mass is 16.3. The van der Waals surface area contributed by atoms with E-state index in [4.69, 9.17) is 0 Å². The number of benzene rings is 2. The second-order valence-electron chi connectivity index (χ2n) is 2.92. The van der Waals surface area contributed by atoms with E-state index in [9.17, 15) is 15.1 Å². The first-order valence-corrected chi connectivity index (χ1v) is 4.00. The topological polar surface area (TPSA) is 69.9 Å². The molecule has 0 aliphatic rings. The molecule has 2 rings (SSSR count). The van der Waals surface area contributed by atoms with Crippen LogP contribution in [0.1, 0.15) is 0 Å². The lowest BCUT2D eigenvalue weighted by molar-refractivity contribution is 0.475. The molecule has 0 saturated carbocycles. The fourth-order valence-electron chi connectivity index (χ4n) is 1.38. The fourth-order valence-corrected chi connectivity index (χ4v) is 1.38. The Kier molecular flexibility index (Phi) is 1.81. The summed E-state index contributed by atoms with van der Waals surface area (Å²) in [5.74, 6) is 0.0976. The summed E-state index contributed by atoms with van der Waals surface area (Å²) in [5, 5.41) is 22.4. The molecule has 0 unspecified atom stereocenters. The van der Waals surface area contributed by atoms with Gasteiger partial charge in [-0.2, -0.15) is 0 Å². The van der Waals surface area contributed by atoms with Crippen LogP contribution in [0.4, 0.5) is 5.69 Å². The van der Waals surface area contributed by atoms with Crippen molar-refractivity contribution >= 4 is 16.5 Å². The van der Waals surface area contributed by atoms with Gasteiger partial charge in [0.2, 0.25) is 0 Å². The molecule has 0 fully saturated rings. The zero-order valence-corrected chi connectivity index (χ0v) is 7.14. The predicted octanol–water partition coefficient (Wildman–Crippen LogP) is 2.65. The molecule has 0 spiro atoms. The minimum absolute atomic E-state index is 0.0352. The molecule has 2 N–H and O–H groups in total. The quantitative estimate of drug-likeness (QED) is 0.677. The van der Waals surface area contributed by atoms with Gasteiger partial charge in [-0.3, -0.25) is 0 Å². The lowest BCUT2D eigenvalue weighted by atomic mass is 10.1. The molecule has 14 heavy (non-hydrogen) atoms. The van der Waals surface area contributed by atoms with Crippen molar-refractivity contribution < 1.29 is 10.2 Å². The van der Waals surface area contributed by atoms with Gasteiger partial charge in [0.05, 0.1) is 0 Å².